The molecule has 1 heterocycles. The molecule has 0 aliphatic carbocycles. The van der Waals surface area contributed by atoms with Gasteiger partial charge < -0.3 is 9.47 Å². The lowest BCUT2D eigenvalue weighted by molar-refractivity contribution is 1.16. The van der Waals surface area contributed by atoms with Crippen LogP contribution in [0.1, 0.15) is 0 Å². The van der Waals surface area contributed by atoms with E-state index in [1.165, 1.54) is 87.1 Å². The second kappa shape index (κ2) is 13.9. The minimum absolute atomic E-state index is 1.08. The van der Waals surface area contributed by atoms with Gasteiger partial charge in [0.2, 0.25) is 0 Å². The number of fused-ring (bicyclic) bond motifs is 9. The molecule has 1 aromatic heterocycles. The van der Waals surface area contributed by atoms with Gasteiger partial charge >= 0.3 is 0 Å². The third kappa shape index (κ3) is 5.35. The van der Waals surface area contributed by atoms with Crippen molar-refractivity contribution in [2.45, 2.75) is 0 Å². The zero-order valence-electron chi connectivity index (χ0n) is 32.8. The molecule has 0 saturated heterocycles. The van der Waals surface area contributed by atoms with Crippen molar-refractivity contribution in [2.75, 3.05) is 4.90 Å². The Labute approximate surface area is 348 Å². The van der Waals surface area contributed by atoms with Crippen LogP contribution in [0, 0.1) is 0 Å². The van der Waals surface area contributed by atoms with Crippen LogP contribution in [0.25, 0.3) is 92.8 Å². The van der Waals surface area contributed by atoms with E-state index in [9.17, 15) is 0 Å². The average Bonchev–Trinajstić information content (AvgIpc) is 3.67. The van der Waals surface area contributed by atoms with E-state index in [-0.39, 0.29) is 0 Å². The molecule has 0 atom stereocenters. The minimum atomic E-state index is 1.08. The number of hydrogen-bond donors (Lipinski definition) is 0. The summed E-state index contributed by atoms with van der Waals surface area (Å²) in [7, 11) is 0. The van der Waals surface area contributed by atoms with Gasteiger partial charge in [0.15, 0.2) is 0 Å². The Hall–Kier alpha value is -7.94. The maximum atomic E-state index is 2.49. The fourth-order valence-electron chi connectivity index (χ4n) is 9.68. The van der Waals surface area contributed by atoms with Crippen molar-refractivity contribution in [1.82, 2.24) is 4.57 Å². The van der Waals surface area contributed by atoms with Crippen LogP contribution < -0.4 is 4.90 Å². The minimum Gasteiger partial charge on any atom is -0.308 e. The predicted octanol–water partition coefficient (Wildman–Crippen LogP) is 16.2. The standard InChI is InChI=1S/C58H38N2/c1-2-16-39(17-3-1)46-27-14-20-42-21-15-28-47(57(42)46)41-32-35-44(36-33-41)59(56-38-43-19-5-6-22-45(43)49-24-8-9-25-50(49)56)54-30-12-13-31-55(54)60-53-29-11-10-26-51(53)52-37-34-40-18-4-7-23-48(40)58(52)60/h1-38H. The summed E-state index contributed by atoms with van der Waals surface area (Å²) in [6.07, 6.45) is 0. The Morgan fingerprint density at radius 3 is 1.68 bits per heavy atom. The van der Waals surface area contributed by atoms with E-state index < -0.39 is 0 Å². The summed E-state index contributed by atoms with van der Waals surface area (Å²) < 4.78 is 2.49. The van der Waals surface area contributed by atoms with Gasteiger partial charge in [-0.15, -0.1) is 0 Å². The molecule has 0 fully saturated rings. The highest BCUT2D eigenvalue weighted by Gasteiger charge is 2.24. The fourth-order valence-corrected chi connectivity index (χ4v) is 9.68. The number of para-hydroxylation sites is 3. The lowest BCUT2D eigenvalue weighted by Crippen LogP contribution is -2.13. The number of hydrogen-bond acceptors (Lipinski definition) is 1. The van der Waals surface area contributed by atoms with E-state index in [4.69, 9.17) is 0 Å². The van der Waals surface area contributed by atoms with Gasteiger partial charge in [0.05, 0.1) is 28.1 Å². The molecule has 0 aliphatic heterocycles. The van der Waals surface area contributed by atoms with Crippen molar-refractivity contribution in [2.24, 2.45) is 0 Å². The van der Waals surface area contributed by atoms with Crippen molar-refractivity contribution in [3.63, 3.8) is 0 Å². The third-order valence-corrected chi connectivity index (χ3v) is 12.3. The average molecular weight is 763 g/mol. The summed E-state index contributed by atoms with van der Waals surface area (Å²) >= 11 is 0. The zero-order valence-corrected chi connectivity index (χ0v) is 32.8. The van der Waals surface area contributed by atoms with Gasteiger partial charge in [-0.25, -0.2) is 0 Å². The molecule has 60 heavy (non-hydrogen) atoms. The molecule has 0 spiro atoms. The highest BCUT2D eigenvalue weighted by atomic mass is 15.2. The number of rotatable bonds is 6. The first-order valence-corrected chi connectivity index (χ1v) is 20.7. The molecule has 280 valence electrons. The maximum Gasteiger partial charge on any atom is 0.0703 e. The Balaban J connectivity index is 1.13. The van der Waals surface area contributed by atoms with Gasteiger partial charge in [0.25, 0.3) is 0 Å². The van der Waals surface area contributed by atoms with Gasteiger partial charge in [-0.05, 0) is 91.0 Å². The van der Waals surface area contributed by atoms with E-state index in [0.29, 0.717) is 0 Å². The molecule has 2 nitrogen and oxygen atoms in total. The molecule has 0 radical (unpaired) electrons. The summed E-state index contributed by atoms with van der Waals surface area (Å²) in [5, 5.41) is 12.3. The monoisotopic (exact) mass is 762 g/mol. The van der Waals surface area contributed by atoms with Crippen LogP contribution >= 0.6 is 0 Å². The second-order valence-corrected chi connectivity index (χ2v) is 15.6. The lowest BCUT2D eigenvalue weighted by Gasteiger charge is -2.30. The predicted molar refractivity (Wildman–Crippen MR) is 256 cm³/mol. The molecule has 2 heteroatoms. The Morgan fingerprint density at radius 2 is 0.900 bits per heavy atom. The summed E-state index contributed by atoms with van der Waals surface area (Å²) in [6.45, 7) is 0. The maximum absolute atomic E-state index is 2.49. The Morgan fingerprint density at radius 1 is 0.317 bits per heavy atom. The molecule has 0 unspecified atom stereocenters. The molecule has 0 bridgehead atoms. The van der Waals surface area contributed by atoms with Crippen molar-refractivity contribution in [3.05, 3.63) is 231 Å². The van der Waals surface area contributed by atoms with Crippen LogP contribution in [0.4, 0.5) is 17.1 Å². The van der Waals surface area contributed by atoms with E-state index in [1.54, 1.807) is 0 Å². The molecular formula is C58H38N2. The van der Waals surface area contributed by atoms with Crippen LogP contribution in [0.5, 0.6) is 0 Å². The highest BCUT2D eigenvalue weighted by molar-refractivity contribution is 6.20. The molecule has 12 aromatic rings. The van der Waals surface area contributed by atoms with Crippen molar-refractivity contribution >= 4 is 82.0 Å². The van der Waals surface area contributed by atoms with Crippen LogP contribution in [0.3, 0.4) is 0 Å². The molecule has 0 saturated carbocycles. The quantitative estimate of drug-likeness (QED) is 0.153. The largest absolute Gasteiger partial charge is 0.308 e. The summed E-state index contributed by atoms with van der Waals surface area (Å²) in [5.41, 5.74) is 11.7. The SMILES string of the molecule is c1ccc(-c2cccc3cccc(-c4ccc(N(c5ccccc5-n5c6ccccc6c6ccc7ccccc7c65)c5cc6ccccc6c6ccccc56)cc4)c23)cc1. The fraction of sp³-hybridized carbons (Fsp3) is 0. The van der Waals surface area contributed by atoms with E-state index in [1.807, 2.05) is 0 Å². The molecule has 0 amide bonds. The van der Waals surface area contributed by atoms with Crippen molar-refractivity contribution < 1.29 is 0 Å². The molecule has 0 aliphatic rings. The first-order valence-electron chi connectivity index (χ1n) is 20.7. The van der Waals surface area contributed by atoms with Gasteiger partial charge in [-0.2, -0.15) is 0 Å². The van der Waals surface area contributed by atoms with Gasteiger partial charge in [0, 0.05) is 27.2 Å². The lowest BCUT2D eigenvalue weighted by atomic mass is 9.91. The first kappa shape index (κ1) is 34.1. The molecule has 11 aromatic carbocycles. The van der Waals surface area contributed by atoms with Gasteiger partial charge in [0.1, 0.15) is 0 Å². The first-order chi connectivity index (χ1) is 29.8. The van der Waals surface area contributed by atoms with Crippen molar-refractivity contribution in [1.29, 1.82) is 0 Å². The summed E-state index contributed by atoms with van der Waals surface area (Å²) in [6, 6.07) is 84.3. The third-order valence-electron chi connectivity index (χ3n) is 12.3. The normalized spacial score (nSPS) is 11.7. The molecule has 0 N–H and O–H groups in total. The molecular weight excluding hydrogens is 725 g/mol. The summed E-state index contributed by atoms with van der Waals surface area (Å²) in [4.78, 5) is 2.48. The Kier molecular flexibility index (Phi) is 7.89. The number of anilines is 3. The van der Waals surface area contributed by atoms with Crippen LogP contribution in [0.15, 0.2) is 231 Å². The van der Waals surface area contributed by atoms with Crippen LogP contribution in [-0.2, 0) is 0 Å². The smallest absolute Gasteiger partial charge is 0.0703 e. The van der Waals surface area contributed by atoms with Gasteiger partial charge in [-0.1, -0.05) is 194 Å². The molecule has 12 rings (SSSR count). The summed E-state index contributed by atoms with van der Waals surface area (Å²) in [5.74, 6) is 0. The second-order valence-electron chi connectivity index (χ2n) is 15.6. The van der Waals surface area contributed by atoms with E-state index in [0.717, 1.165) is 22.7 Å². The van der Waals surface area contributed by atoms with Gasteiger partial charge in [-0.3, -0.25) is 0 Å². The van der Waals surface area contributed by atoms with E-state index >= 15 is 0 Å². The topological polar surface area (TPSA) is 8.17 Å². The zero-order chi connectivity index (χ0) is 39.6. The number of aromatic nitrogens is 1. The highest BCUT2D eigenvalue weighted by Crippen LogP contribution is 2.47. The number of benzene rings is 11. The van der Waals surface area contributed by atoms with Crippen molar-refractivity contribution in [3.8, 4) is 27.9 Å². The van der Waals surface area contributed by atoms with Crippen LogP contribution in [-0.4, -0.2) is 4.57 Å². The van der Waals surface area contributed by atoms with Crippen LogP contribution in [0.2, 0.25) is 0 Å². The number of nitrogens with zero attached hydrogens (tertiary/aromatic N) is 2. The van der Waals surface area contributed by atoms with E-state index in [2.05, 4.69) is 240 Å². The Bertz CT molecular complexity index is 3590.